The monoisotopic (exact) mass is 363 g/mol. The molecule has 1 aliphatic rings. The molecule has 1 aromatic heterocycles. The third-order valence-electron chi connectivity index (χ3n) is 4.54. The number of hydrogen-bond donors (Lipinski definition) is 4. The van der Waals surface area contributed by atoms with Crippen molar-refractivity contribution in [3.8, 4) is 0 Å². The van der Waals surface area contributed by atoms with Gasteiger partial charge in [-0.15, -0.1) is 0 Å². The summed E-state index contributed by atoms with van der Waals surface area (Å²) < 4.78 is 14.4. The van der Waals surface area contributed by atoms with Gasteiger partial charge in [-0.25, -0.2) is 9.18 Å². The molecule has 3 rings (SSSR count). The molecule has 1 heterocycles. The van der Waals surface area contributed by atoms with E-state index >= 15 is 0 Å². The number of aliphatic hydroxyl groups is 2. The number of H-pyrrole nitrogens is 1. The average Bonchev–Trinajstić information content (AvgIpc) is 2.60. The van der Waals surface area contributed by atoms with E-state index in [0.717, 1.165) is 16.7 Å². The lowest BCUT2D eigenvalue weighted by Gasteiger charge is -2.38. The summed E-state index contributed by atoms with van der Waals surface area (Å²) in [5, 5.41) is 23.3. The van der Waals surface area contributed by atoms with Crippen LogP contribution in [0.25, 0.3) is 0 Å². The third-order valence-corrected chi connectivity index (χ3v) is 4.54. The number of hydrogen-bond acceptors (Lipinski definition) is 5. The molecule has 2 aromatic rings. The highest BCUT2D eigenvalue weighted by molar-refractivity contribution is 5.94. The van der Waals surface area contributed by atoms with Crippen molar-refractivity contribution < 1.29 is 19.4 Å². The Hall–Kier alpha value is -2.78. The first-order chi connectivity index (χ1) is 12.4. The Morgan fingerprint density at radius 2 is 1.96 bits per heavy atom. The summed E-state index contributed by atoms with van der Waals surface area (Å²) in [6.07, 6.45) is -0.823. The average molecular weight is 363 g/mol. The number of aromatic amines is 1. The summed E-state index contributed by atoms with van der Waals surface area (Å²) in [5.74, 6) is -1.13. The zero-order chi connectivity index (χ0) is 18.8. The Morgan fingerprint density at radius 3 is 2.65 bits per heavy atom. The molecule has 0 spiro atoms. The molecular formula is C17H18FN3O5. The fraction of sp³-hybridized carbons (Fsp3) is 0.353. The normalized spacial score (nSPS) is 25.7. The van der Waals surface area contributed by atoms with E-state index in [-0.39, 0.29) is 18.4 Å². The Balaban J connectivity index is 1.73. The molecular weight excluding hydrogens is 345 g/mol. The minimum Gasteiger partial charge on any atom is -0.388 e. The van der Waals surface area contributed by atoms with Gasteiger partial charge in [-0.3, -0.25) is 19.1 Å². The lowest BCUT2D eigenvalue weighted by atomic mass is 9.85. The summed E-state index contributed by atoms with van der Waals surface area (Å²) in [5.41, 5.74) is -1.14. The van der Waals surface area contributed by atoms with Gasteiger partial charge < -0.3 is 15.5 Å². The maximum atomic E-state index is 13.2. The number of amides is 1. The highest BCUT2D eigenvalue weighted by Gasteiger charge is 2.39. The molecule has 1 amide bonds. The first-order valence-electron chi connectivity index (χ1n) is 8.11. The van der Waals surface area contributed by atoms with E-state index in [4.69, 9.17) is 0 Å². The molecule has 26 heavy (non-hydrogen) atoms. The maximum absolute atomic E-state index is 13.2. The van der Waals surface area contributed by atoms with Crippen molar-refractivity contribution in [3.05, 3.63) is 68.7 Å². The van der Waals surface area contributed by atoms with E-state index in [1.807, 2.05) is 0 Å². The van der Waals surface area contributed by atoms with Crippen molar-refractivity contribution in [1.82, 2.24) is 14.9 Å². The number of halogens is 1. The number of carbonyl (C=O) groups is 1. The van der Waals surface area contributed by atoms with Crippen LogP contribution in [0.2, 0.25) is 0 Å². The Bertz CT molecular complexity index is 925. The molecule has 1 aromatic carbocycles. The second-order valence-corrected chi connectivity index (χ2v) is 6.23. The summed E-state index contributed by atoms with van der Waals surface area (Å²) in [6, 6.07) is 4.78. The van der Waals surface area contributed by atoms with Gasteiger partial charge in [-0.1, -0.05) is 6.07 Å². The van der Waals surface area contributed by atoms with Crippen LogP contribution in [0, 0.1) is 5.82 Å². The predicted molar refractivity (Wildman–Crippen MR) is 89.3 cm³/mol. The van der Waals surface area contributed by atoms with Gasteiger partial charge in [-0.2, -0.15) is 0 Å². The van der Waals surface area contributed by atoms with Crippen LogP contribution in [0.5, 0.6) is 0 Å². The summed E-state index contributed by atoms with van der Waals surface area (Å²) in [4.78, 5) is 37.3. The first kappa shape index (κ1) is 18.0. The molecule has 0 unspecified atom stereocenters. The van der Waals surface area contributed by atoms with Crippen LogP contribution in [0.4, 0.5) is 4.39 Å². The van der Waals surface area contributed by atoms with Gasteiger partial charge >= 0.3 is 5.69 Å². The lowest BCUT2D eigenvalue weighted by Crippen LogP contribution is -2.55. The van der Waals surface area contributed by atoms with E-state index in [1.165, 1.54) is 24.4 Å². The second kappa shape index (κ2) is 7.22. The van der Waals surface area contributed by atoms with Crippen LogP contribution in [0.15, 0.2) is 46.1 Å². The van der Waals surface area contributed by atoms with Crippen LogP contribution in [0.1, 0.15) is 29.2 Å². The smallest absolute Gasteiger partial charge is 0.328 e. The van der Waals surface area contributed by atoms with Gasteiger partial charge in [0.2, 0.25) is 0 Å². The van der Waals surface area contributed by atoms with Gasteiger partial charge in [0, 0.05) is 17.8 Å². The molecule has 138 valence electrons. The number of nitrogens with one attached hydrogen (secondary N) is 2. The Morgan fingerprint density at radius 1 is 1.19 bits per heavy atom. The molecule has 4 atom stereocenters. The standard InChI is InChI=1S/C17H18FN3O5/c18-10-3-1-2-9(8-10)16(25)19-11-4-5-12(15(24)14(11)23)21-7-6-13(22)20-17(21)26/h1-3,6-8,11-12,14-15,23-24H,4-5H2,(H,19,25)(H,20,22,26)/t11-,12-,14-,15-/m1/s1. The molecule has 1 saturated carbocycles. The molecule has 4 N–H and O–H groups in total. The minimum absolute atomic E-state index is 0.102. The van der Waals surface area contributed by atoms with Crippen molar-refractivity contribution >= 4 is 5.91 Å². The van der Waals surface area contributed by atoms with Gasteiger partial charge in [-0.05, 0) is 31.0 Å². The second-order valence-electron chi connectivity index (χ2n) is 6.23. The SMILES string of the molecule is O=C(N[C@@H]1CC[C@@H](n2ccc(=O)[nH]c2=O)[C@@H](O)[C@@H]1O)c1cccc(F)c1. The van der Waals surface area contributed by atoms with Crippen LogP contribution in [0.3, 0.4) is 0 Å². The molecule has 8 nitrogen and oxygen atoms in total. The van der Waals surface area contributed by atoms with Crippen LogP contribution >= 0.6 is 0 Å². The summed E-state index contributed by atoms with van der Waals surface area (Å²) in [7, 11) is 0. The molecule has 0 radical (unpaired) electrons. The van der Waals surface area contributed by atoms with E-state index < -0.39 is 47.3 Å². The quantitative estimate of drug-likeness (QED) is 0.587. The summed E-state index contributed by atoms with van der Waals surface area (Å²) in [6.45, 7) is 0. The highest BCUT2D eigenvalue weighted by Crippen LogP contribution is 2.28. The number of aliphatic hydroxyl groups excluding tert-OH is 2. The molecule has 1 aliphatic carbocycles. The minimum atomic E-state index is -1.33. The number of rotatable bonds is 3. The van der Waals surface area contributed by atoms with Gasteiger partial charge in [0.25, 0.3) is 11.5 Å². The predicted octanol–water partition coefficient (Wildman–Crippen LogP) is -0.469. The van der Waals surface area contributed by atoms with E-state index in [0.29, 0.717) is 0 Å². The van der Waals surface area contributed by atoms with Crippen molar-refractivity contribution in [2.45, 2.75) is 37.1 Å². The fourth-order valence-corrected chi connectivity index (χ4v) is 3.19. The molecule has 0 saturated heterocycles. The van der Waals surface area contributed by atoms with E-state index in [2.05, 4.69) is 10.3 Å². The van der Waals surface area contributed by atoms with Crippen LogP contribution < -0.4 is 16.6 Å². The number of carbonyl (C=O) groups excluding carboxylic acids is 1. The maximum Gasteiger partial charge on any atom is 0.328 e. The van der Waals surface area contributed by atoms with Gasteiger partial charge in [0.05, 0.1) is 12.1 Å². The summed E-state index contributed by atoms with van der Waals surface area (Å²) >= 11 is 0. The topological polar surface area (TPSA) is 124 Å². The zero-order valence-electron chi connectivity index (χ0n) is 13.6. The number of aromatic nitrogens is 2. The molecule has 0 bridgehead atoms. The zero-order valence-corrected chi connectivity index (χ0v) is 13.6. The largest absolute Gasteiger partial charge is 0.388 e. The molecule has 9 heteroatoms. The van der Waals surface area contributed by atoms with E-state index in [9.17, 15) is 29.0 Å². The number of nitrogens with zero attached hydrogens (tertiary/aromatic N) is 1. The van der Waals surface area contributed by atoms with Crippen molar-refractivity contribution in [1.29, 1.82) is 0 Å². The van der Waals surface area contributed by atoms with Crippen LogP contribution in [-0.2, 0) is 0 Å². The van der Waals surface area contributed by atoms with Crippen molar-refractivity contribution in [2.24, 2.45) is 0 Å². The van der Waals surface area contributed by atoms with Crippen molar-refractivity contribution in [3.63, 3.8) is 0 Å². The van der Waals surface area contributed by atoms with Crippen LogP contribution in [-0.4, -0.2) is 43.9 Å². The van der Waals surface area contributed by atoms with Gasteiger partial charge in [0.1, 0.15) is 18.0 Å². The third kappa shape index (κ3) is 3.58. The Labute approximate surface area is 146 Å². The molecule has 0 aliphatic heterocycles. The lowest BCUT2D eigenvalue weighted by molar-refractivity contribution is -0.0570. The van der Waals surface area contributed by atoms with Gasteiger partial charge in [0.15, 0.2) is 0 Å². The molecule has 1 fully saturated rings. The Kier molecular flexibility index (Phi) is 5.01. The van der Waals surface area contributed by atoms with Crippen molar-refractivity contribution in [2.75, 3.05) is 0 Å². The fourth-order valence-electron chi connectivity index (χ4n) is 3.19. The number of benzene rings is 1. The first-order valence-corrected chi connectivity index (χ1v) is 8.11. The highest BCUT2D eigenvalue weighted by atomic mass is 19.1. The van der Waals surface area contributed by atoms with E-state index in [1.54, 1.807) is 0 Å².